The minimum absolute atomic E-state index is 0. The fraction of sp³-hybridized carbons (Fsp3) is 0.238. The maximum Gasteiger partial charge on any atom is 0.193 e. The molecule has 30 heavy (non-hydrogen) atoms. The third-order valence-corrected chi connectivity index (χ3v) is 4.69. The van der Waals surface area contributed by atoms with E-state index in [4.69, 9.17) is 0 Å². The van der Waals surface area contributed by atoms with Crippen molar-refractivity contribution in [1.82, 2.24) is 34.8 Å². The summed E-state index contributed by atoms with van der Waals surface area (Å²) in [5.74, 6) is 2.61. The highest BCUT2D eigenvalue weighted by Gasteiger charge is 2.11. The number of imidazole rings is 1. The molecule has 0 amide bonds. The van der Waals surface area contributed by atoms with Crippen LogP contribution in [0.3, 0.4) is 0 Å². The molecule has 0 bridgehead atoms. The summed E-state index contributed by atoms with van der Waals surface area (Å²) in [6, 6.07) is 16.1. The van der Waals surface area contributed by atoms with Gasteiger partial charge in [-0.1, -0.05) is 36.4 Å². The molecule has 0 aliphatic rings. The van der Waals surface area contributed by atoms with Crippen molar-refractivity contribution in [2.45, 2.75) is 13.0 Å². The molecule has 0 spiro atoms. The Labute approximate surface area is 192 Å². The maximum atomic E-state index is 4.50. The highest BCUT2D eigenvalue weighted by molar-refractivity contribution is 14.0. The van der Waals surface area contributed by atoms with Crippen LogP contribution in [0.15, 0.2) is 65.9 Å². The molecule has 4 rings (SSSR count). The Kier molecular flexibility index (Phi) is 7.39. The summed E-state index contributed by atoms with van der Waals surface area (Å²) in [5.41, 5.74) is 2.99. The number of hydrogen-bond acceptors (Lipinski definition) is 4. The number of nitrogens with one attached hydrogen (secondary N) is 2. The normalized spacial score (nSPS) is 11.3. The molecular weight excluding hydrogens is 491 g/mol. The van der Waals surface area contributed by atoms with Gasteiger partial charge in [-0.15, -0.1) is 34.2 Å². The van der Waals surface area contributed by atoms with E-state index in [0.29, 0.717) is 13.1 Å². The van der Waals surface area contributed by atoms with Crippen LogP contribution in [0.5, 0.6) is 0 Å². The number of rotatable bonds is 6. The quantitative estimate of drug-likeness (QED) is 0.234. The van der Waals surface area contributed by atoms with Crippen LogP contribution in [0.4, 0.5) is 0 Å². The molecule has 3 heterocycles. The largest absolute Gasteiger partial charge is 0.356 e. The second kappa shape index (κ2) is 10.2. The third kappa shape index (κ3) is 4.96. The van der Waals surface area contributed by atoms with Gasteiger partial charge in [0.25, 0.3) is 0 Å². The molecule has 0 atom stereocenters. The number of fused-ring (bicyclic) bond motifs is 1. The van der Waals surface area contributed by atoms with Gasteiger partial charge in [0, 0.05) is 33.3 Å². The minimum atomic E-state index is 0. The summed E-state index contributed by atoms with van der Waals surface area (Å²) < 4.78 is 2.00. The van der Waals surface area contributed by atoms with Gasteiger partial charge < -0.3 is 15.2 Å². The van der Waals surface area contributed by atoms with Crippen molar-refractivity contribution in [3.05, 3.63) is 72.6 Å². The number of guanidine groups is 1. The van der Waals surface area contributed by atoms with Crippen molar-refractivity contribution in [1.29, 1.82) is 0 Å². The molecule has 0 saturated heterocycles. The van der Waals surface area contributed by atoms with Crippen molar-refractivity contribution in [2.24, 2.45) is 4.99 Å². The monoisotopic (exact) mass is 516 g/mol. The van der Waals surface area contributed by atoms with Crippen molar-refractivity contribution in [3.63, 3.8) is 0 Å². The van der Waals surface area contributed by atoms with Gasteiger partial charge in [0.2, 0.25) is 0 Å². The number of hydrogen-bond donors (Lipinski definition) is 2. The molecule has 3 aromatic heterocycles. The molecule has 2 N–H and O–H groups in total. The van der Waals surface area contributed by atoms with Crippen LogP contribution in [0.1, 0.15) is 11.6 Å². The minimum Gasteiger partial charge on any atom is -0.356 e. The summed E-state index contributed by atoms with van der Waals surface area (Å²) >= 11 is 0. The van der Waals surface area contributed by atoms with Crippen molar-refractivity contribution < 1.29 is 0 Å². The molecule has 4 aromatic rings. The highest BCUT2D eigenvalue weighted by Crippen LogP contribution is 2.16. The van der Waals surface area contributed by atoms with Crippen LogP contribution in [0.25, 0.3) is 16.9 Å². The van der Waals surface area contributed by atoms with Gasteiger partial charge in [-0.05, 0) is 17.7 Å². The first-order chi connectivity index (χ1) is 14.2. The number of pyridine rings is 1. The summed E-state index contributed by atoms with van der Waals surface area (Å²) in [6.45, 7) is 1.33. The Morgan fingerprint density at radius 2 is 1.93 bits per heavy atom. The van der Waals surface area contributed by atoms with Gasteiger partial charge in [0.05, 0.1) is 18.4 Å². The topological polar surface area (TPSA) is 86.5 Å². The SMILES string of the molecule is CN=C(NCCc1nnc2ccccn12)N(C)Cc1ncc(-c2ccccc2)[nH]1.I. The van der Waals surface area contributed by atoms with Crippen LogP contribution in [-0.2, 0) is 13.0 Å². The second-order valence-corrected chi connectivity index (χ2v) is 6.73. The van der Waals surface area contributed by atoms with Gasteiger partial charge in [0.1, 0.15) is 11.6 Å². The van der Waals surface area contributed by atoms with Crippen LogP contribution < -0.4 is 5.32 Å². The van der Waals surface area contributed by atoms with E-state index in [9.17, 15) is 0 Å². The molecule has 0 aliphatic heterocycles. The van der Waals surface area contributed by atoms with E-state index < -0.39 is 0 Å². The predicted octanol–water partition coefficient (Wildman–Crippen LogP) is 2.99. The van der Waals surface area contributed by atoms with E-state index >= 15 is 0 Å². The standard InChI is InChI=1S/C21H24N8.HI/c1-22-21(23-12-11-20-27-26-19-10-6-7-13-29(19)20)28(2)15-18-24-14-17(25-18)16-8-4-3-5-9-16;/h3-10,13-14H,11-12,15H2,1-2H3,(H,22,23)(H,24,25);1H. The van der Waals surface area contributed by atoms with E-state index in [0.717, 1.165) is 40.9 Å². The number of nitrogens with zero attached hydrogens (tertiary/aromatic N) is 6. The molecule has 0 radical (unpaired) electrons. The molecule has 0 fully saturated rings. The van der Waals surface area contributed by atoms with Gasteiger partial charge in [0.15, 0.2) is 11.6 Å². The fourth-order valence-electron chi connectivity index (χ4n) is 3.24. The predicted molar refractivity (Wildman–Crippen MR) is 129 cm³/mol. The van der Waals surface area contributed by atoms with Crippen molar-refractivity contribution in [2.75, 3.05) is 20.6 Å². The molecule has 0 saturated carbocycles. The van der Waals surface area contributed by atoms with Crippen molar-refractivity contribution >= 4 is 35.6 Å². The Balaban J connectivity index is 0.00000256. The van der Waals surface area contributed by atoms with E-state index in [-0.39, 0.29) is 24.0 Å². The van der Waals surface area contributed by atoms with Gasteiger partial charge in [-0.2, -0.15) is 0 Å². The molecule has 156 valence electrons. The van der Waals surface area contributed by atoms with Crippen molar-refractivity contribution in [3.8, 4) is 11.3 Å². The Hall–Kier alpha value is -2.95. The van der Waals surface area contributed by atoms with E-state index in [1.54, 1.807) is 7.05 Å². The summed E-state index contributed by atoms with van der Waals surface area (Å²) in [6.07, 6.45) is 4.59. The first kappa shape index (κ1) is 21.8. The molecule has 1 aromatic carbocycles. The second-order valence-electron chi connectivity index (χ2n) is 6.73. The molecule has 0 aliphatic carbocycles. The zero-order valence-corrected chi connectivity index (χ0v) is 19.3. The Morgan fingerprint density at radius 1 is 1.13 bits per heavy atom. The highest BCUT2D eigenvalue weighted by atomic mass is 127. The maximum absolute atomic E-state index is 4.50. The molecule has 8 nitrogen and oxygen atoms in total. The lowest BCUT2D eigenvalue weighted by Crippen LogP contribution is -2.39. The average molecular weight is 516 g/mol. The van der Waals surface area contributed by atoms with Gasteiger partial charge >= 0.3 is 0 Å². The number of aromatic nitrogens is 5. The van der Waals surface area contributed by atoms with Crippen LogP contribution in [-0.4, -0.2) is 56.1 Å². The lowest BCUT2D eigenvalue weighted by atomic mass is 10.2. The lowest BCUT2D eigenvalue weighted by Gasteiger charge is -2.21. The number of benzene rings is 1. The summed E-state index contributed by atoms with van der Waals surface area (Å²) in [5, 5.41) is 11.8. The average Bonchev–Trinajstić information content (AvgIpc) is 3.39. The zero-order chi connectivity index (χ0) is 20.1. The fourth-order valence-corrected chi connectivity index (χ4v) is 3.24. The summed E-state index contributed by atoms with van der Waals surface area (Å²) in [7, 11) is 3.77. The third-order valence-electron chi connectivity index (χ3n) is 4.69. The number of halogens is 1. The molecule has 0 unspecified atom stereocenters. The first-order valence-electron chi connectivity index (χ1n) is 9.54. The lowest BCUT2D eigenvalue weighted by molar-refractivity contribution is 0.464. The van der Waals surface area contributed by atoms with Gasteiger partial charge in [-0.3, -0.25) is 9.39 Å². The number of H-pyrrole nitrogens is 1. The van der Waals surface area contributed by atoms with Gasteiger partial charge in [-0.25, -0.2) is 4.98 Å². The number of aliphatic imine (C=N–C) groups is 1. The molecule has 9 heteroatoms. The Morgan fingerprint density at radius 3 is 2.73 bits per heavy atom. The Bertz CT molecular complexity index is 1100. The zero-order valence-electron chi connectivity index (χ0n) is 17.0. The van der Waals surface area contributed by atoms with E-state index in [1.807, 2.05) is 65.1 Å². The van der Waals surface area contributed by atoms with Crippen LogP contribution >= 0.6 is 24.0 Å². The van der Waals surface area contributed by atoms with Crippen LogP contribution in [0, 0.1) is 0 Å². The first-order valence-corrected chi connectivity index (χ1v) is 9.54. The van der Waals surface area contributed by atoms with E-state index in [2.05, 4.69) is 42.6 Å². The van der Waals surface area contributed by atoms with Crippen LogP contribution in [0.2, 0.25) is 0 Å². The summed E-state index contributed by atoms with van der Waals surface area (Å²) in [4.78, 5) is 14.3. The number of aromatic amines is 1. The molecular formula is C21H25IN8. The van der Waals surface area contributed by atoms with E-state index in [1.165, 1.54) is 0 Å². The smallest absolute Gasteiger partial charge is 0.193 e.